The SMILES string of the molecule is CC(C)C1(C)CN(CC(C)C2(C)CN(C(=O)OC(C)(C)C)C2)C1. The Labute approximate surface area is 142 Å². The Kier molecular flexibility index (Phi) is 4.80. The molecule has 0 N–H and O–H groups in total. The first kappa shape index (κ1) is 18.6. The molecular formula is C19H36N2O2. The average molecular weight is 325 g/mol. The molecule has 2 rings (SSSR count). The number of rotatable bonds is 4. The number of hydrogen-bond donors (Lipinski definition) is 0. The molecule has 2 fully saturated rings. The zero-order chi connectivity index (χ0) is 17.6. The molecule has 0 aromatic rings. The highest BCUT2D eigenvalue weighted by Gasteiger charge is 2.48. The number of carbonyl (C=O) groups excluding carboxylic acids is 1. The summed E-state index contributed by atoms with van der Waals surface area (Å²) in [4.78, 5) is 16.5. The Hall–Kier alpha value is -0.770. The molecule has 2 aliphatic heterocycles. The molecule has 0 radical (unpaired) electrons. The van der Waals surface area contributed by atoms with Gasteiger partial charge in [-0.25, -0.2) is 4.79 Å². The minimum Gasteiger partial charge on any atom is -0.444 e. The van der Waals surface area contributed by atoms with Gasteiger partial charge in [-0.1, -0.05) is 34.6 Å². The molecule has 2 aliphatic rings. The molecule has 2 heterocycles. The molecule has 0 aromatic carbocycles. The lowest BCUT2D eigenvalue weighted by molar-refractivity contribution is -0.0778. The van der Waals surface area contributed by atoms with Crippen LogP contribution in [-0.4, -0.2) is 54.2 Å². The lowest BCUT2D eigenvalue weighted by Gasteiger charge is -2.56. The van der Waals surface area contributed by atoms with Gasteiger partial charge in [-0.05, 0) is 38.0 Å². The van der Waals surface area contributed by atoms with Gasteiger partial charge < -0.3 is 14.5 Å². The quantitative estimate of drug-likeness (QED) is 0.787. The summed E-state index contributed by atoms with van der Waals surface area (Å²) in [5, 5.41) is 0. The summed E-state index contributed by atoms with van der Waals surface area (Å²) >= 11 is 0. The largest absolute Gasteiger partial charge is 0.444 e. The molecule has 2 saturated heterocycles. The Bertz CT molecular complexity index is 441. The van der Waals surface area contributed by atoms with Crippen molar-refractivity contribution in [3.8, 4) is 0 Å². The van der Waals surface area contributed by atoms with E-state index in [1.165, 1.54) is 13.1 Å². The van der Waals surface area contributed by atoms with Crippen LogP contribution < -0.4 is 0 Å². The molecule has 0 aromatic heterocycles. The van der Waals surface area contributed by atoms with Crippen molar-refractivity contribution in [2.75, 3.05) is 32.7 Å². The van der Waals surface area contributed by atoms with Gasteiger partial charge in [0.1, 0.15) is 5.60 Å². The van der Waals surface area contributed by atoms with Crippen LogP contribution in [0.2, 0.25) is 0 Å². The second-order valence-electron chi connectivity index (χ2n) is 9.87. The number of hydrogen-bond acceptors (Lipinski definition) is 3. The first-order valence-electron chi connectivity index (χ1n) is 9.05. The molecule has 1 atom stereocenters. The highest BCUT2D eigenvalue weighted by atomic mass is 16.6. The van der Waals surface area contributed by atoms with Gasteiger partial charge in [-0.15, -0.1) is 0 Å². The summed E-state index contributed by atoms with van der Waals surface area (Å²) < 4.78 is 5.46. The molecule has 23 heavy (non-hydrogen) atoms. The van der Waals surface area contributed by atoms with E-state index in [1.807, 2.05) is 25.7 Å². The van der Waals surface area contributed by atoms with E-state index in [1.54, 1.807) is 0 Å². The third-order valence-electron chi connectivity index (χ3n) is 6.04. The molecule has 1 unspecified atom stereocenters. The monoisotopic (exact) mass is 324 g/mol. The fraction of sp³-hybridized carbons (Fsp3) is 0.947. The van der Waals surface area contributed by atoms with Gasteiger partial charge in [0.15, 0.2) is 0 Å². The minimum absolute atomic E-state index is 0.168. The summed E-state index contributed by atoms with van der Waals surface area (Å²) in [6.45, 7) is 22.6. The van der Waals surface area contributed by atoms with E-state index in [-0.39, 0.29) is 11.5 Å². The molecule has 0 aliphatic carbocycles. The van der Waals surface area contributed by atoms with Crippen molar-refractivity contribution >= 4 is 6.09 Å². The second-order valence-corrected chi connectivity index (χ2v) is 9.87. The van der Waals surface area contributed by atoms with Crippen LogP contribution in [0.1, 0.15) is 55.4 Å². The zero-order valence-corrected chi connectivity index (χ0v) is 16.4. The van der Waals surface area contributed by atoms with Gasteiger partial charge in [0.05, 0.1) is 0 Å². The van der Waals surface area contributed by atoms with Gasteiger partial charge in [-0.2, -0.15) is 0 Å². The van der Waals surface area contributed by atoms with E-state index in [0.29, 0.717) is 11.3 Å². The Morgan fingerprint density at radius 2 is 1.57 bits per heavy atom. The van der Waals surface area contributed by atoms with E-state index in [2.05, 4.69) is 39.5 Å². The lowest BCUT2D eigenvalue weighted by atomic mass is 9.69. The standard InChI is InChI=1S/C19H36N2O2/c1-14(2)18(7)10-20(11-18)9-15(3)19(8)12-21(13-19)16(22)23-17(4,5)6/h14-15H,9-13H2,1-8H3. The average Bonchev–Trinajstić information content (AvgIpc) is 2.29. The minimum atomic E-state index is -0.409. The van der Waals surface area contributed by atoms with Crippen molar-refractivity contribution in [1.29, 1.82) is 0 Å². The summed E-state index contributed by atoms with van der Waals surface area (Å²) in [6, 6.07) is 0. The number of amides is 1. The second kappa shape index (κ2) is 5.94. The van der Waals surface area contributed by atoms with Gasteiger partial charge in [-0.3, -0.25) is 0 Å². The van der Waals surface area contributed by atoms with Crippen molar-refractivity contribution in [1.82, 2.24) is 9.80 Å². The summed E-state index contributed by atoms with van der Waals surface area (Å²) in [5.74, 6) is 1.34. The third-order valence-corrected chi connectivity index (χ3v) is 6.04. The van der Waals surface area contributed by atoms with E-state index < -0.39 is 5.60 Å². The maximum Gasteiger partial charge on any atom is 0.410 e. The van der Waals surface area contributed by atoms with Gasteiger partial charge in [0.25, 0.3) is 0 Å². The van der Waals surface area contributed by atoms with E-state index in [4.69, 9.17) is 4.74 Å². The van der Waals surface area contributed by atoms with E-state index >= 15 is 0 Å². The summed E-state index contributed by atoms with van der Waals surface area (Å²) in [6.07, 6.45) is -0.168. The number of ether oxygens (including phenoxy) is 1. The molecule has 4 nitrogen and oxygen atoms in total. The number of carbonyl (C=O) groups is 1. The van der Waals surface area contributed by atoms with Crippen LogP contribution in [-0.2, 0) is 4.74 Å². The fourth-order valence-electron chi connectivity index (χ4n) is 3.67. The zero-order valence-electron chi connectivity index (χ0n) is 16.4. The summed E-state index contributed by atoms with van der Waals surface area (Å²) in [5.41, 5.74) is 0.303. The molecule has 0 spiro atoms. The molecule has 4 heteroatoms. The maximum absolute atomic E-state index is 12.1. The molecule has 0 saturated carbocycles. The Morgan fingerprint density at radius 1 is 1.04 bits per heavy atom. The highest BCUT2D eigenvalue weighted by molar-refractivity contribution is 5.69. The molecule has 134 valence electrons. The summed E-state index contributed by atoms with van der Waals surface area (Å²) in [7, 11) is 0. The maximum atomic E-state index is 12.1. The fourth-order valence-corrected chi connectivity index (χ4v) is 3.67. The van der Waals surface area contributed by atoms with Crippen LogP contribution >= 0.6 is 0 Å². The van der Waals surface area contributed by atoms with Crippen LogP contribution in [0.25, 0.3) is 0 Å². The smallest absolute Gasteiger partial charge is 0.410 e. The van der Waals surface area contributed by atoms with Crippen molar-refractivity contribution in [2.45, 2.75) is 61.0 Å². The topological polar surface area (TPSA) is 32.8 Å². The van der Waals surface area contributed by atoms with Crippen LogP contribution in [0.5, 0.6) is 0 Å². The lowest BCUT2D eigenvalue weighted by Crippen LogP contribution is -2.64. The van der Waals surface area contributed by atoms with Crippen LogP contribution in [0.15, 0.2) is 0 Å². The third kappa shape index (κ3) is 4.01. The normalized spacial score (nSPS) is 24.8. The predicted octanol–water partition coefficient (Wildman–Crippen LogP) is 3.86. The molecule has 0 bridgehead atoms. The predicted molar refractivity (Wildman–Crippen MR) is 94.5 cm³/mol. The first-order chi connectivity index (χ1) is 10.3. The van der Waals surface area contributed by atoms with Gasteiger partial charge in [0.2, 0.25) is 0 Å². The number of likely N-dealkylation sites (tertiary alicyclic amines) is 2. The van der Waals surface area contributed by atoms with Crippen LogP contribution in [0.4, 0.5) is 4.79 Å². The van der Waals surface area contributed by atoms with Crippen LogP contribution in [0, 0.1) is 22.7 Å². The molecular weight excluding hydrogens is 288 g/mol. The molecule has 1 amide bonds. The number of nitrogens with zero attached hydrogens (tertiary/aromatic N) is 2. The van der Waals surface area contributed by atoms with E-state index in [9.17, 15) is 4.79 Å². The van der Waals surface area contributed by atoms with Crippen molar-refractivity contribution < 1.29 is 9.53 Å². The highest BCUT2D eigenvalue weighted by Crippen LogP contribution is 2.42. The van der Waals surface area contributed by atoms with Crippen LogP contribution in [0.3, 0.4) is 0 Å². The first-order valence-corrected chi connectivity index (χ1v) is 9.05. The van der Waals surface area contributed by atoms with Crippen molar-refractivity contribution in [3.63, 3.8) is 0 Å². The van der Waals surface area contributed by atoms with Gasteiger partial charge >= 0.3 is 6.09 Å². The van der Waals surface area contributed by atoms with E-state index in [0.717, 1.165) is 25.6 Å². The van der Waals surface area contributed by atoms with Gasteiger partial charge in [0, 0.05) is 38.1 Å². The Balaban J connectivity index is 1.77. The van der Waals surface area contributed by atoms with Crippen molar-refractivity contribution in [3.05, 3.63) is 0 Å². The van der Waals surface area contributed by atoms with Crippen molar-refractivity contribution in [2.24, 2.45) is 22.7 Å². The Morgan fingerprint density at radius 3 is 2.00 bits per heavy atom.